The Labute approximate surface area is 165 Å². The van der Waals surface area contributed by atoms with Crippen molar-refractivity contribution in [2.45, 2.75) is 52.0 Å². The Hall–Kier alpha value is -0.920. The first-order valence-corrected chi connectivity index (χ1v) is 11.8. The van der Waals surface area contributed by atoms with Crippen LogP contribution in [0.5, 0.6) is 0 Å². The molecule has 0 bridgehead atoms. The standard InChI is InChI=1S/C19H29BrN2O3S/c1-3-12-22(16(2)17-9-4-5-10-18(17)20)19(23)11-8-15-26(24,25)21-13-6-7-14-21/h4-5,9-10,16H,3,6-8,11-15H2,1-2H3. The minimum absolute atomic E-state index is 0.0201. The summed E-state index contributed by atoms with van der Waals surface area (Å²) in [5.41, 5.74) is 1.07. The van der Waals surface area contributed by atoms with Crippen molar-refractivity contribution in [3.8, 4) is 0 Å². The van der Waals surface area contributed by atoms with E-state index in [2.05, 4.69) is 15.9 Å². The van der Waals surface area contributed by atoms with Crippen LogP contribution in [0.4, 0.5) is 0 Å². The van der Waals surface area contributed by atoms with Crippen molar-refractivity contribution < 1.29 is 13.2 Å². The zero-order valence-corrected chi connectivity index (χ0v) is 18.1. The number of hydrogen-bond acceptors (Lipinski definition) is 3. The SMILES string of the molecule is CCCN(C(=O)CCCS(=O)(=O)N1CCCC1)C(C)c1ccccc1Br. The van der Waals surface area contributed by atoms with E-state index in [1.165, 1.54) is 0 Å². The van der Waals surface area contributed by atoms with Crippen molar-refractivity contribution >= 4 is 31.9 Å². The summed E-state index contributed by atoms with van der Waals surface area (Å²) in [4.78, 5) is 14.6. The highest BCUT2D eigenvalue weighted by Crippen LogP contribution is 2.28. The number of nitrogens with zero attached hydrogens (tertiary/aromatic N) is 2. The Bertz CT molecular complexity index is 702. The van der Waals surface area contributed by atoms with E-state index in [9.17, 15) is 13.2 Å². The average molecular weight is 445 g/mol. The molecule has 1 aromatic rings. The fraction of sp³-hybridized carbons (Fsp3) is 0.632. The van der Waals surface area contributed by atoms with Gasteiger partial charge in [0.2, 0.25) is 15.9 Å². The molecule has 7 heteroatoms. The number of carbonyl (C=O) groups excluding carboxylic acids is 1. The van der Waals surface area contributed by atoms with E-state index in [-0.39, 0.29) is 24.1 Å². The van der Waals surface area contributed by atoms with Crippen LogP contribution in [0.25, 0.3) is 0 Å². The van der Waals surface area contributed by atoms with Gasteiger partial charge in [-0.25, -0.2) is 12.7 Å². The molecule has 26 heavy (non-hydrogen) atoms. The number of benzene rings is 1. The van der Waals surface area contributed by atoms with Gasteiger partial charge in [-0.15, -0.1) is 0 Å². The van der Waals surface area contributed by atoms with Crippen molar-refractivity contribution in [2.24, 2.45) is 0 Å². The van der Waals surface area contributed by atoms with Crippen LogP contribution in [0.1, 0.15) is 57.6 Å². The molecule has 1 unspecified atom stereocenters. The molecule has 146 valence electrons. The molecule has 0 radical (unpaired) electrons. The van der Waals surface area contributed by atoms with Crippen LogP contribution in [-0.4, -0.2) is 48.9 Å². The lowest BCUT2D eigenvalue weighted by molar-refractivity contribution is -0.133. The molecule has 0 aromatic heterocycles. The summed E-state index contributed by atoms with van der Waals surface area (Å²) in [6.45, 7) is 5.98. The number of halogens is 1. The van der Waals surface area contributed by atoms with Crippen LogP contribution in [0.2, 0.25) is 0 Å². The van der Waals surface area contributed by atoms with Crippen molar-refractivity contribution in [1.82, 2.24) is 9.21 Å². The fourth-order valence-electron chi connectivity index (χ4n) is 3.40. The van der Waals surface area contributed by atoms with Gasteiger partial charge in [0.25, 0.3) is 0 Å². The number of sulfonamides is 1. The van der Waals surface area contributed by atoms with Crippen molar-refractivity contribution in [2.75, 3.05) is 25.4 Å². The molecule has 1 amide bonds. The molecule has 1 saturated heterocycles. The summed E-state index contributed by atoms with van der Waals surface area (Å²) < 4.78 is 27.2. The third-order valence-electron chi connectivity index (χ3n) is 4.86. The minimum Gasteiger partial charge on any atom is -0.336 e. The summed E-state index contributed by atoms with van der Waals surface area (Å²) >= 11 is 3.56. The second-order valence-corrected chi connectivity index (χ2v) is 9.75. The van der Waals surface area contributed by atoms with Gasteiger partial charge >= 0.3 is 0 Å². The lowest BCUT2D eigenvalue weighted by Crippen LogP contribution is -2.35. The molecule has 1 aliphatic rings. The second-order valence-electron chi connectivity index (χ2n) is 6.81. The molecule has 1 aliphatic heterocycles. The summed E-state index contributed by atoms with van der Waals surface area (Å²) in [5.74, 6) is 0.0778. The quantitative estimate of drug-likeness (QED) is 0.578. The summed E-state index contributed by atoms with van der Waals surface area (Å²) in [6, 6.07) is 7.86. The minimum atomic E-state index is -3.22. The first-order valence-electron chi connectivity index (χ1n) is 9.38. The van der Waals surface area contributed by atoms with Crippen molar-refractivity contribution in [3.63, 3.8) is 0 Å². The van der Waals surface area contributed by atoms with Gasteiger partial charge in [0, 0.05) is 30.5 Å². The number of rotatable bonds is 9. The maximum absolute atomic E-state index is 12.8. The highest BCUT2D eigenvalue weighted by Gasteiger charge is 2.26. The van der Waals surface area contributed by atoms with Gasteiger partial charge < -0.3 is 4.90 Å². The van der Waals surface area contributed by atoms with Crippen LogP contribution >= 0.6 is 15.9 Å². The van der Waals surface area contributed by atoms with Gasteiger partial charge in [-0.2, -0.15) is 0 Å². The third-order valence-corrected chi connectivity index (χ3v) is 7.54. The fourth-order valence-corrected chi connectivity index (χ4v) is 5.60. The first kappa shape index (κ1) is 21.4. The molecular formula is C19H29BrN2O3S. The summed E-state index contributed by atoms with van der Waals surface area (Å²) in [6.07, 6.45) is 3.38. The molecule has 5 nitrogen and oxygen atoms in total. The predicted molar refractivity (Wildman–Crippen MR) is 108 cm³/mol. The molecule has 1 fully saturated rings. The molecule has 1 heterocycles. The monoisotopic (exact) mass is 444 g/mol. The Morgan fingerprint density at radius 2 is 1.92 bits per heavy atom. The number of hydrogen-bond donors (Lipinski definition) is 0. The van der Waals surface area contributed by atoms with E-state index in [1.54, 1.807) is 4.31 Å². The van der Waals surface area contributed by atoms with E-state index >= 15 is 0 Å². The van der Waals surface area contributed by atoms with E-state index < -0.39 is 10.0 Å². The highest BCUT2D eigenvalue weighted by molar-refractivity contribution is 9.10. The van der Waals surface area contributed by atoms with Crippen LogP contribution in [0, 0.1) is 0 Å². The Morgan fingerprint density at radius 1 is 1.27 bits per heavy atom. The summed E-state index contributed by atoms with van der Waals surface area (Å²) in [5, 5.41) is 0. The van der Waals surface area contributed by atoms with Gasteiger partial charge in [0.15, 0.2) is 0 Å². The molecule has 1 aromatic carbocycles. The lowest BCUT2D eigenvalue weighted by Gasteiger charge is -2.30. The molecular weight excluding hydrogens is 416 g/mol. The van der Waals surface area contributed by atoms with Gasteiger partial charge in [-0.1, -0.05) is 41.1 Å². The van der Waals surface area contributed by atoms with Crippen molar-refractivity contribution in [1.29, 1.82) is 0 Å². The molecule has 0 N–H and O–H groups in total. The molecule has 0 spiro atoms. The average Bonchev–Trinajstić information content (AvgIpc) is 3.15. The van der Waals surface area contributed by atoms with Gasteiger partial charge in [-0.05, 0) is 44.2 Å². The Morgan fingerprint density at radius 3 is 2.54 bits per heavy atom. The van der Waals surface area contributed by atoms with E-state index in [0.717, 1.165) is 29.3 Å². The van der Waals surface area contributed by atoms with Gasteiger partial charge in [-0.3, -0.25) is 4.79 Å². The zero-order chi connectivity index (χ0) is 19.2. The zero-order valence-electron chi connectivity index (χ0n) is 15.7. The van der Waals surface area contributed by atoms with Crippen LogP contribution in [0.15, 0.2) is 28.7 Å². The van der Waals surface area contributed by atoms with Gasteiger partial charge in [0.05, 0.1) is 11.8 Å². The topological polar surface area (TPSA) is 57.7 Å². The summed E-state index contributed by atoms with van der Waals surface area (Å²) in [7, 11) is -3.22. The number of carbonyl (C=O) groups is 1. The Kier molecular flexibility index (Phi) is 8.10. The maximum atomic E-state index is 12.8. The number of amides is 1. The normalized spacial score (nSPS) is 16.6. The van der Waals surface area contributed by atoms with Crippen LogP contribution in [-0.2, 0) is 14.8 Å². The third kappa shape index (κ3) is 5.54. The first-order chi connectivity index (χ1) is 12.4. The maximum Gasteiger partial charge on any atom is 0.223 e. The lowest BCUT2D eigenvalue weighted by atomic mass is 10.1. The molecule has 0 aliphatic carbocycles. The Balaban J connectivity index is 1.96. The molecule has 2 rings (SSSR count). The van der Waals surface area contributed by atoms with Crippen LogP contribution < -0.4 is 0 Å². The van der Waals surface area contributed by atoms with E-state index in [1.807, 2.05) is 43.0 Å². The van der Waals surface area contributed by atoms with E-state index in [4.69, 9.17) is 0 Å². The van der Waals surface area contributed by atoms with Crippen LogP contribution in [0.3, 0.4) is 0 Å². The molecule has 0 saturated carbocycles. The molecule has 1 atom stereocenters. The second kappa shape index (κ2) is 9.85. The predicted octanol–water partition coefficient (Wildman–Crippen LogP) is 3.95. The largest absolute Gasteiger partial charge is 0.336 e. The van der Waals surface area contributed by atoms with E-state index in [0.29, 0.717) is 26.1 Å². The van der Waals surface area contributed by atoms with Gasteiger partial charge in [0.1, 0.15) is 0 Å². The highest BCUT2D eigenvalue weighted by atomic mass is 79.9. The smallest absolute Gasteiger partial charge is 0.223 e. The van der Waals surface area contributed by atoms with Crippen molar-refractivity contribution in [3.05, 3.63) is 34.3 Å².